The van der Waals surface area contributed by atoms with Gasteiger partial charge in [0.05, 0.1) is 17.1 Å². The number of hydrogen-bond donors (Lipinski definition) is 3. The van der Waals surface area contributed by atoms with Gasteiger partial charge in [-0.2, -0.15) is 9.98 Å². The normalized spacial score (nSPS) is 17.1. The van der Waals surface area contributed by atoms with Crippen molar-refractivity contribution in [1.29, 1.82) is 5.26 Å². The van der Waals surface area contributed by atoms with Crippen LogP contribution in [-0.2, 0) is 14.8 Å². The van der Waals surface area contributed by atoms with E-state index in [9.17, 15) is 23.6 Å². The lowest BCUT2D eigenvalue weighted by Crippen LogP contribution is -2.50. The molecule has 1 aliphatic carbocycles. The van der Waals surface area contributed by atoms with Crippen LogP contribution in [0, 0.1) is 17.2 Å². The standard InChI is InChI=1S/C24H27N3O5S/c1-14(2)10-20(23(29)26-24(13-25)8-9-24)27-33(30,31)17-5-7-21-19(12-17)18-6-4-16(15(3)28)11-22(18)32-21/h4-7,11-12,14-15,20,27-28H,8-10H2,1-3H3,(H,26,29)/t15?,20-/m0/s1. The fourth-order valence-electron chi connectivity index (χ4n) is 3.85. The summed E-state index contributed by atoms with van der Waals surface area (Å²) in [5, 5.41) is 23.1. The molecule has 1 aliphatic rings. The third-order valence-corrected chi connectivity index (χ3v) is 7.38. The van der Waals surface area contributed by atoms with Crippen LogP contribution in [0.3, 0.4) is 0 Å². The van der Waals surface area contributed by atoms with Gasteiger partial charge in [-0.3, -0.25) is 4.79 Å². The van der Waals surface area contributed by atoms with E-state index < -0.39 is 33.6 Å². The van der Waals surface area contributed by atoms with E-state index in [2.05, 4.69) is 16.1 Å². The second-order valence-electron chi connectivity index (χ2n) is 9.18. The van der Waals surface area contributed by atoms with E-state index in [0.717, 1.165) is 5.39 Å². The number of hydrogen-bond acceptors (Lipinski definition) is 6. The van der Waals surface area contributed by atoms with Gasteiger partial charge < -0.3 is 14.8 Å². The number of benzene rings is 2. The van der Waals surface area contributed by atoms with Gasteiger partial charge in [0, 0.05) is 10.8 Å². The monoisotopic (exact) mass is 469 g/mol. The zero-order valence-electron chi connectivity index (χ0n) is 18.8. The summed E-state index contributed by atoms with van der Waals surface area (Å²) in [6.07, 6.45) is 0.781. The van der Waals surface area contributed by atoms with Gasteiger partial charge >= 0.3 is 0 Å². The number of aliphatic hydroxyl groups is 1. The van der Waals surface area contributed by atoms with E-state index in [1.165, 1.54) is 12.1 Å². The molecule has 1 heterocycles. The smallest absolute Gasteiger partial charge is 0.241 e. The molecule has 0 radical (unpaired) electrons. The molecule has 4 rings (SSSR count). The summed E-state index contributed by atoms with van der Waals surface area (Å²) in [5.74, 6) is -0.434. The molecule has 0 saturated heterocycles. The maximum absolute atomic E-state index is 13.2. The van der Waals surface area contributed by atoms with Crippen LogP contribution < -0.4 is 10.0 Å². The summed E-state index contributed by atoms with van der Waals surface area (Å²) < 4.78 is 34.8. The average Bonchev–Trinajstić information content (AvgIpc) is 3.43. The quantitative estimate of drug-likeness (QED) is 0.462. The Bertz CT molecular complexity index is 1360. The van der Waals surface area contributed by atoms with Crippen LogP contribution in [0.15, 0.2) is 45.7 Å². The van der Waals surface area contributed by atoms with Crippen molar-refractivity contribution in [2.75, 3.05) is 0 Å². The molecule has 1 amide bonds. The topological polar surface area (TPSA) is 132 Å². The number of nitrogens with one attached hydrogen (secondary N) is 2. The van der Waals surface area contributed by atoms with Crippen LogP contribution in [0.5, 0.6) is 0 Å². The molecule has 9 heteroatoms. The molecule has 33 heavy (non-hydrogen) atoms. The van der Waals surface area contributed by atoms with Gasteiger partial charge in [-0.15, -0.1) is 0 Å². The lowest BCUT2D eigenvalue weighted by molar-refractivity contribution is -0.123. The van der Waals surface area contributed by atoms with Crippen molar-refractivity contribution in [3.05, 3.63) is 42.0 Å². The van der Waals surface area contributed by atoms with Crippen LogP contribution in [0.2, 0.25) is 0 Å². The van der Waals surface area contributed by atoms with E-state index >= 15 is 0 Å². The number of carbonyl (C=O) groups is 1. The summed E-state index contributed by atoms with van der Waals surface area (Å²) in [6, 6.07) is 10.9. The van der Waals surface area contributed by atoms with E-state index in [4.69, 9.17) is 4.42 Å². The Hall–Kier alpha value is -2.93. The van der Waals surface area contributed by atoms with Crippen LogP contribution in [-0.4, -0.2) is 31.0 Å². The average molecular weight is 470 g/mol. The number of sulfonamides is 1. The number of nitrogens with zero attached hydrogens (tertiary/aromatic N) is 1. The Kier molecular flexibility index (Phi) is 5.95. The zero-order valence-corrected chi connectivity index (χ0v) is 19.6. The number of rotatable bonds is 8. The predicted octanol–water partition coefficient (Wildman–Crippen LogP) is 3.50. The highest BCUT2D eigenvalue weighted by Crippen LogP contribution is 2.35. The second kappa shape index (κ2) is 8.45. The first kappa shape index (κ1) is 23.2. The van der Waals surface area contributed by atoms with Crippen LogP contribution in [0.4, 0.5) is 0 Å². The minimum atomic E-state index is -4.03. The Morgan fingerprint density at radius 1 is 1.15 bits per heavy atom. The second-order valence-corrected chi connectivity index (χ2v) is 10.9. The molecular weight excluding hydrogens is 442 g/mol. The lowest BCUT2D eigenvalue weighted by atomic mass is 10.0. The van der Waals surface area contributed by atoms with Gasteiger partial charge in [0.1, 0.15) is 22.7 Å². The Morgan fingerprint density at radius 3 is 2.48 bits per heavy atom. The summed E-state index contributed by atoms with van der Waals surface area (Å²) >= 11 is 0. The van der Waals surface area contributed by atoms with E-state index in [1.54, 1.807) is 31.2 Å². The predicted molar refractivity (Wildman–Crippen MR) is 124 cm³/mol. The van der Waals surface area contributed by atoms with Gasteiger partial charge in [0.25, 0.3) is 0 Å². The van der Waals surface area contributed by atoms with Crippen molar-refractivity contribution < 1.29 is 22.7 Å². The number of carbonyl (C=O) groups excluding carboxylic acids is 1. The number of fused-ring (bicyclic) bond motifs is 3. The summed E-state index contributed by atoms with van der Waals surface area (Å²) in [4.78, 5) is 12.8. The van der Waals surface area contributed by atoms with E-state index in [-0.39, 0.29) is 10.8 Å². The lowest BCUT2D eigenvalue weighted by Gasteiger charge is -2.21. The fourth-order valence-corrected chi connectivity index (χ4v) is 5.08. The molecule has 3 aromatic rings. The molecule has 1 fully saturated rings. The number of amides is 1. The maximum atomic E-state index is 13.2. The van der Waals surface area contributed by atoms with Gasteiger partial charge in [-0.25, -0.2) is 8.42 Å². The van der Waals surface area contributed by atoms with Crippen LogP contribution in [0.1, 0.15) is 51.7 Å². The SMILES string of the molecule is CC(C)C[C@H](NS(=O)(=O)c1ccc2oc3cc(C(C)O)ccc3c2c1)C(=O)NC1(C#N)CC1. The highest BCUT2D eigenvalue weighted by atomic mass is 32.2. The molecule has 0 aliphatic heterocycles. The maximum Gasteiger partial charge on any atom is 0.241 e. The van der Waals surface area contributed by atoms with E-state index in [0.29, 0.717) is 41.4 Å². The Morgan fingerprint density at radius 2 is 1.88 bits per heavy atom. The first-order valence-electron chi connectivity index (χ1n) is 10.9. The molecule has 1 unspecified atom stereocenters. The summed E-state index contributed by atoms with van der Waals surface area (Å²) in [5.41, 5.74) is 0.892. The molecule has 1 saturated carbocycles. The Labute approximate surface area is 192 Å². The van der Waals surface area contributed by atoms with Crippen molar-refractivity contribution in [2.45, 2.75) is 62.6 Å². The van der Waals surface area contributed by atoms with Gasteiger partial charge in [0.15, 0.2) is 0 Å². The van der Waals surface area contributed by atoms with Crippen molar-refractivity contribution >= 4 is 37.9 Å². The van der Waals surface area contributed by atoms with Crippen LogP contribution >= 0.6 is 0 Å². The summed E-state index contributed by atoms with van der Waals surface area (Å²) in [7, 11) is -4.03. The number of furan rings is 1. The Balaban J connectivity index is 1.65. The van der Waals surface area contributed by atoms with Gasteiger partial charge in [0.2, 0.25) is 15.9 Å². The molecular formula is C24H27N3O5S. The minimum Gasteiger partial charge on any atom is -0.456 e. The molecule has 0 bridgehead atoms. The van der Waals surface area contributed by atoms with Crippen molar-refractivity contribution in [3.8, 4) is 6.07 Å². The highest BCUT2D eigenvalue weighted by molar-refractivity contribution is 7.89. The van der Waals surface area contributed by atoms with Crippen molar-refractivity contribution in [2.24, 2.45) is 5.92 Å². The third kappa shape index (κ3) is 4.74. The van der Waals surface area contributed by atoms with Crippen molar-refractivity contribution in [3.63, 3.8) is 0 Å². The number of aliphatic hydroxyl groups excluding tert-OH is 1. The third-order valence-electron chi connectivity index (χ3n) is 5.91. The molecule has 1 aromatic heterocycles. The molecule has 174 valence electrons. The molecule has 2 atom stereocenters. The minimum absolute atomic E-state index is 0.0141. The first-order chi connectivity index (χ1) is 15.5. The van der Waals surface area contributed by atoms with Gasteiger partial charge in [-0.1, -0.05) is 26.0 Å². The summed E-state index contributed by atoms with van der Waals surface area (Å²) in [6.45, 7) is 5.46. The molecule has 0 spiro atoms. The molecule has 3 N–H and O–H groups in total. The zero-order chi connectivity index (χ0) is 24.0. The first-order valence-corrected chi connectivity index (χ1v) is 12.4. The highest BCUT2D eigenvalue weighted by Gasteiger charge is 2.46. The molecule has 2 aromatic carbocycles. The van der Waals surface area contributed by atoms with E-state index in [1.807, 2.05) is 13.8 Å². The number of nitriles is 1. The van der Waals surface area contributed by atoms with Crippen LogP contribution in [0.25, 0.3) is 21.9 Å². The largest absolute Gasteiger partial charge is 0.456 e. The fraction of sp³-hybridized carbons (Fsp3) is 0.417. The molecule has 8 nitrogen and oxygen atoms in total. The van der Waals surface area contributed by atoms with Crippen molar-refractivity contribution in [1.82, 2.24) is 10.0 Å². The van der Waals surface area contributed by atoms with Gasteiger partial charge in [-0.05, 0) is 61.9 Å².